The lowest BCUT2D eigenvalue weighted by atomic mass is 10.1. The molecule has 0 aromatic carbocycles. The third-order valence-corrected chi connectivity index (χ3v) is 3.02. The molecule has 0 saturated carbocycles. The van der Waals surface area contributed by atoms with Crippen molar-refractivity contribution in [2.24, 2.45) is 0 Å². The van der Waals surface area contributed by atoms with Crippen LogP contribution in [0.25, 0.3) is 0 Å². The number of nitrogens with zero attached hydrogens (tertiary/aromatic N) is 2. The van der Waals surface area contributed by atoms with Gasteiger partial charge in [0.15, 0.2) is 0 Å². The number of likely N-dealkylation sites (N-methyl/N-ethyl adjacent to an activating group) is 1. The highest BCUT2D eigenvalue weighted by Gasteiger charge is 2.24. The van der Waals surface area contributed by atoms with Crippen molar-refractivity contribution in [2.45, 2.75) is 13.0 Å². The molecule has 0 spiro atoms. The van der Waals surface area contributed by atoms with Crippen LogP contribution in [0.5, 0.6) is 0 Å². The third-order valence-electron chi connectivity index (χ3n) is 3.02. The number of rotatable bonds is 6. The standard InChI is InChI=1S/C12H19N5O/c1-2-17(10-7-13-8-10)9-12(18)16-15-11-5-3-4-6-14-11/h3-6,10,13H,2,7-9H2,1H3,(H,14,15)(H,16,18). The molecule has 1 aromatic rings. The molecule has 0 radical (unpaired) electrons. The molecule has 1 fully saturated rings. The van der Waals surface area contributed by atoms with Crippen molar-refractivity contribution in [3.05, 3.63) is 24.4 Å². The smallest absolute Gasteiger partial charge is 0.252 e. The Morgan fingerprint density at radius 1 is 1.56 bits per heavy atom. The van der Waals surface area contributed by atoms with E-state index in [-0.39, 0.29) is 5.91 Å². The van der Waals surface area contributed by atoms with E-state index in [1.54, 1.807) is 12.3 Å². The second-order valence-corrected chi connectivity index (χ2v) is 4.26. The lowest BCUT2D eigenvalue weighted by molar-refractivity contribution is -0.122. The first-order chi connectivity index (χ1) is 8.79. The largest absolute Gasteiger partial charge is 0.314 e. The van der Waals surface area contributed by atoms with Crippen LogP contribution in [0.1, 0.15) is 6.92 Å². The number of amides is 1. The van der Waals surface area contributed by atoms with Crippen molar-refractivity contribution in [3.8, 4) is 0 Å². The summed E-state index contributed by atoms with van der Waals surface area (Å²) in [6, 6.07) is 5.97. The van der Waals surface area contributed by atoms with E-state index < -0.39 is 0 Å². The highest BCUT2D eigenvalue weighted by molar-refractivity contribution is 5.79. The minimum absolute atomic E-state index is 0.0468. The van der Waals surface area contributed by atoms with Crippen molar-refractivity contribution in [3.63, 3.8) is 0 Å². The molecule has 0 atom stereocenters. The summed E-state index contributed by atoms with van der Waals surface area (Å²) >= 11 is 0. The van der Waals surface area contributed by atoms with E-state index in [9.17, 15) is 4.79 Å². The van der Waals surface area contributed by atoms with E-state index in [0.29, 0.717) is 18.4 Å². The molecule has 1 saturated heterocycles. The zero-order valence-electron chi connectivity index (χ0n) is 10.5. The van der Waals surface area contributed by atoms with Gasteiger partial charge >= 0.3 is 0 Å². The van der Waals surface area contributed by atoms with Crippen LogP contribution < -0.4 is 16.2 Å². The van der Waals surface area contributed by atoms with Gasteiger partial charge in [0.1, 0.15) is 5.82 Å². The minimum Gasteiger partial charge on any atom is -0.314 e. The van der Waals surface area contributed by atoms with Gasteiger partial charge in [-0.3, -0.25) is 20.5 Å². The maximum absolute atomic E-state index is 11.8. The zero-order chi connectivity index (χ0) is 12.8. The summed E-state index contributed by atoms with van der Waals surface area (Å²) in [5.41, 5.74) is 5.45. The molecule has 18 heavy (non-hydrogen) atoms. The van der Waals surface area contributed by atoms with Crippen molar-refractivity contribution in [2.75, 3.05) is 31.6 Å². The molecule has 0 bridgehead atoms. The second kappa shape index (κ2) is 6.32. The third kappa shape index (κ3) is 3.41. The van der Waals surface area contributed by atoms with Gasteiger partial charge in [-0.2, -0.15) is 0 Å². The lowest BCUT2D eigenvalue weighted by Gasteiger charge is -2.37. The average Bonchev–Trinajstić information content (AvgIpc) is 2.34. The maximum Gasteiger partial charge on any atom is 0.252 e. The molecule has 2 rings (SSSR count). The quantitative estimate of drug-likeness (QED) is 0.610. The average molecular weight is 249 g/mol. The fourth-order valence-corrected chi connectivity index (χ4v) is 1.83. The molecule has 6 heteroatoms. The molecule has 1 amide bonds. The Kier molecular flexibility index (Phi) is 4.49. The molecular formula is C12H19N5O. The number of carbonyl (C=O) groups is 1. The van der Waals surface area contributed by atoms with Crippen LogP contribution in [-0.2, 0) is 4.79 Å². The van der Waals surface area contributed by atoms with E-state index in [2.05, 4.69) is 33.0 Å². The van der Waals surface area contributed by atoms with E-state index in [0.717, 1.165) is 19.6 Å². The van der Waals surface area contributed by atoms with Gasteiger partial charge < -0.3 is 5.32 Å². The summed E-state index contributed by atoms with van der Waals surface area (Å²) in [5, 5.41) is 3.21. The normalized spacial score (nSPS) is 15.2. The molecule has 1 aliphatic heterocycles. The zero-order valence-corrected chi connectivity index (χ0v) is 10.5. The second-order valence-electron chi connectivity index (χ2n) is 4.26. The van der Waals surface area contributed by atoms with Gasteiger partial charge in [-0.15, -0.1) is 0 Å². The van der Waals surface area contributed by atoms with Crippen molar-refractivity contribution in [1.82, 2.24) is 20.6 Å². The summed E-state index contributed by atoms with van der Waals surface area (Å²) in [6.45, 7) is 5.29. The van der Waals surface area contributed by atoms with Crippen LogP contribution in [-0.4, -0.2) is 48.0 Å². The van der Waals surface area contributed by atoms with Crippen molar-refractivity contribution in [1.29, 1.82) is 0 Å². The fourth-order valence-electron chi connectivity index (χ4n) is 1.83. The molecule has 0 aliphatic carbocycles. The SMILES string of the molecule is CCN(CC(=O)NNc1ccccn1)C1CNC1. The number of hydrogen-bond donors (Lipinski definition) is 3. The van der Waals surface area contributed by atoms with Gasteiger partial charge in [0.25, 0.3) is 5.91 Å². The Bertz CT molecular complexity index is 379. The molecule has 2 heterocycles. The summed E-state index contributed by atoms with van der Waals surface area (Å²) < 4.78 is 0. The minimum atomic E-state index is -0.0468. The molecule has 1 aliphatic rings. The van der Waals surface area contributed by atoms with Gasteiger partial charge in [0.2, 0.25) is 0 Å². The first-order valence-electron chi connectivity index (χ1n) is 6.20. The van der Waals surface area contributed by atoms with Gasteiger partial charge in [-0.1, -0.05) is 13.0 Å². The molecule has 3 N–H and O–H groups in total. The first kappa shape index (κ1) is 12.8. The predicted octanol–water partition coefficient (Wildman–Crippen LogP) is -0.182. The van der Waals surface area contributed by atoms with Gasteiger partial charge in [-0.25, -0.2) is 4.98 Å². The van der Waals surface area contributed by atoms with Crippen LogP contribution in [0.15, 0.2) is 24.4 Å². The number of pyridine rings is 1. The molecule has 6 nitrogen and oxygen atoms in total. The van der Waals surface area contributed by atoms with E-state index in [1.807, 2.05) is 12.1 Å². The van der Waals surface area contributed by atoms with Gasteiger partial charge in [0, 0.05) is 25.3 Å². The molecular weight excluding hydrogens is 230 g/mol. The molecule has 98 valence electrons. The van der Waals surface area contributed by atoms with E-state index >= 15 is 0 Å². The van der Waals surface area contributed by atoms with Crippen LogP contribution in [0.3, 0.4) is 0 Å². The number of carbonyl (C=O) groups excluding carboxylic acids is 1. The van der Waals surface area contributed by atoms with Crippen LogP contribution in [0.4, 0.5) is 5.82 Å². The Labute approximate surface area is 107 Å². The van der Waals surface area contributed by atoms with Gasteiger partial charge in [0.05, 0.1) is 6.54 Å². The number of anilines is 1. The monoisotopic (exact) mass is 249 g/mol. The van der Waals surface area contributed by atoms with Crippen LogP contribution in [0, 0.1) is 0 Å². The Balaban J connectivity index is 1.74. The highest BCUT2D eigenvalue weighted by Crippen LogP contribution is 2.03. The van der Waals surface area contributed by atoms with Gasteiger partial charge in [-0.05, 0) is 18.7 Å². The van der Waals surface area contributed by atoms with Crippen LogP contribution >= 0.6 is 0 Å². The number of hydrogen-bond acceptors (Lipinski definition) is 5. The number of hydrazine groups is 1. The number of nitrogens with one attached hydrogen (secondary N) is 3. The van der Waals surface area contributed by atoms with Crippen molar-refractivity contribution < 1.29 is 4.79 Å². The summed E-state index contributed by atoms with van der Waals surface area (Å²) in [5.74, 6) is 0.591. The molecule has 0 unspecified atom stereocenters. The summed E-state index contributed by atoms with van der Waals surface area (Å²) in [6.07, 6.45) is 1.67. The number of aromatic nitrogens is 1. The van der Waals surface area contributed by atoms with Crippen LogP contribution in [0.2, 0.25) is 0 Å². The summed E-state index contributed by atoms with van der Waals surface area (Å²) in [7, 11) is 0. The summed E-state index contributed by atoms with van der Waals surface area (Å²) in [4.78, 5) is 18.0. The van der Waals surface area contributed by atoms with Crippen molar-refractivity contribution >= 4 is 11.7 Å². The Morgan fingerprint density at radius 3 is 2.94 bits per heavy atom. The maximum atomic E-state index is 11.8. The topological polar surface area (TPSA) is 69.3 Å². The lowest BCUT2D eigenvalue weighted by Crippen LogP contribution is -2.59. The Hall–Kier alpha value is -1.66. The molecule has 1 aromatic heterocycles. The fraction of sp³-hybridized carbons (Fsp3) is 0.500. The van der Waals surface area contributed by atoms with E-state index in [4.69, 9.17) is 0 Å². The first-order valence-corrected chi connectivity index (χ1v) is 6.20. The Morgan fingerprint density at radius 2 is 2.39 bits per heavy atom. The highest BCUT2D eigenvalue weighted by atomic mass is 16.2. The predicted molar refractivity (Wildman–Crippen MR) is 69.9 cm³/mol. The van der Waals surface area contributed by atoms with E-state index in [1.165, 1.54) is 0 Å².